The van der Waals surface area contributed by atoms with Crippen LogP contribution >= 0.6 is 0 Å². The maximum atomic E-state index is 12.4. The Morgan fingerprint density at radius 1 is 0.952 bits per heavy atom. The average Bonchev–Trinajstić information content (AvgIpc) is 2.45. The Labute approximate surface area is 122 Å². The summed E-state index contributed by atoms with van der Waals surface area (Å²) in [6.45, 7) is 1.87. The summed E-state index contributed by atoms with van der Waals surface area (Å²) in [5, 5.41) is 3.03. The Morgan fingerprint density at radius 3 is 2.19 bits per heavy atom. The molecule has 0 fully saturated rings. The lowest BCUT2D eigenvalue weighted by Gasteiger charge is -2.22. The van der Waals surface area contributed by atoms with Gasteiger partial charge in [-0.1, -0.05) is 54.6 Å². The topological polar surface area (TPSA) is 12.0 Å². The van der Waals surface area contributed by atoms with Gasteiger partial charge in [-0.3, -0.25) is 0 Å². The normalized spacial score (nSPS) is 13.1. The number of hydrogen-bond acceptors (Lipinski definition) is 1. The van der Waals surface area contributed by atoms with E-state index >= 15 is 0 Å². The van der Waals surface area contributed by atoms with Gasteiger partial charge in [0.05, 0.1) is 12.5 Å². The third-order valence-electron chi connectivity index (χ3n) is 3.39. The number of alkyl halides is 3. The van der Waals surface area contributed by atoms with E-state index in [1.165, 1.54) is 0 Å². The predicted molar refractivity (Wildman–Crippen MR) is 78.1 cm³/mol. The van der Waals surface area contributed by atoms with Crippen LogP contribution in [-0.2, 0) is 0 Å². The molecule has 0 aromatic heterocycles. The quantitative estimate of drug-likeness (QED) is 0.847. The number of aryl methyl sites for hydroxylation is 1. The molecule has 0 aliphatic carbocycles. The van der Waals surface area contributed by atoms with Gasteiger partial charge in [-0.2, -0.15) is 13.2 Å². The van der Waals surface area contributed by atoms with Gasteiger partial charge >= 0.3 is 6.18 Å². The summed E-state index contributed by atoms with van der Waals surface area (Å²) in [5.74, 6) is 0. The van der Waals surface area contributed by atoms with Crippen molar-refractivity contribution in [1.29, 1.82) is 0 Å². The largest absolute Gasteiger partial charge is 0.390 e. The van der Waals surface area contributed by atoms with Gasteiger partial charge in [0.25, 0.3) is 0 Å². The van der Waals surface area contributed by atoms with Crippen LogP contribution in [-0.4, -0.2) is 12.7 Å². The molecule has 21 heavy (non-hydrogen) atoms. The minimum absolute atomic E-state index is 0.0998. The molecule has 1 nitrogen and oxygen atoms in total. The van der Waals surface area contributed by atoms with Crippen LogP contribution in [0, 0.1) is 6.92 Å². The van der Waals surface area contributed by atoms with Gasteiger partial charge in [0.15, 0.2) is 0 Å². The number of rotatable bonds is 5. The second kappa shape index (κ2) is 6.76. The molecule has 112 valence electrons. The first-order valence-corrected chi connectivity index (χ1v) is 6.88. The molecule has 0 aliphatic heterocycles. The zero-order valence-electron chi connectivity index (χ0n) is 11.8. The second-order valence-corrected chi connectivity index (χ2v) is 5.02. The molecule has 2 rings (SSSR count). The van der Waals surface area contributed by atoms with Crippen molar-refractivity contribution in [2.24, 2.45) is 0 Å². The minimum Gasteiger partial charge on any atom is -0.306 e. The highest BCUT2D eigenvalue weighted by atomic mass is 19.4. The zero-order chi connectivity index (χ0) is 15.3. The van der Waals surface area contributed by atoms with Crippen molar-refractivity contribution in [1.82, 2.24) is 5.32 Å². The smallest absolute Gasteiger partial charge is 0.306 e. The Kier molecular flexibility index (Phi) is 5.02. The molecule has 1 unspecified atom stereocenters. The molecule has 0 heterocycles. The van der Waals surface area contributed by atoms with Gasteiger partial charge < -0.3 is 5.32 Å². The average molecular weight is 293 g/mol. The van der Waals surface area contributed by atoms with Gasteiger partial charge in [0, 0.05) is 6.54 Å². The summed E-state index contributed by atoms with van der Waals surface area (Å²) in [6, 6.07) is 17.1. The van der Waals surface area contributed by atoms with E-state index in [0.29, 0.717) is 0 Å². The van der Waals surface area contributed by atoms with Crippen LogP contribution in [0.15, 0.2) is 54.6 Å². The summed E-state index contributed by atoms with van der Waals surface area (Å²) < 4.78 is 37.1. The van der Waals surface area contributed by atoms with E-state index < -0.39 is 12.6 Å². The lowest BCUT2D eigenvalue weighted by molar-refractivity contribution is -0.133. The first-order chi connectivity index (χ1) is 9.97. The number of halogens is 3. The van der Waals surface area contributed by atoms with E-state index in [-0.39, 0.29) is 12.6 Å². The van der Waals surface area contributed by atoms with Crippen molar-refractivity contribution in [3.05, 3.63) is 71.3 Å². The highest BCUT2D eigenvalue weighted by Gasteiger charge is 2.27. The Hall–Kier alpha value is -1.81. The predicted octanol–water partition coefficient (Wildman–Crippen LogP) is 4.63. The molecule has 0 amide bonds. The fourth-order valence-corrected chi connectivity index (χ4v) is 2.32. The molecule has 4 heteroatoms. The third kappa shape index (κ3) is 4.60. The molecular formula is C17H18F3N. The summed E-state index contributed by atoms with van der Waals surface area (Å²) >= 11 is 0. The molecule has 0 spiro atoms. The third-order valence-corrected chi connectivity index (χ3v) is 3.39. The van der Waals surface area contributed by atoms with Crippen LogP contribution in [0.2, 0.25) is 0 Å². The minimum atomic E-state index is -4.14. The van der Waals surface area contributed by atoms with Crippen molar-refractivity contribution in [3.8, 4) is 0 Å². The first kappa shape index (κ1) is 15.6. The lowest BCUT2D eigenvalue weighted by atomic mass is 9.95. The van der Waals surface area contributed by atoms with Gasteiger partial charge in [-0.15, -0.1) is 0 Å². The van der Waals surface area contributed by atoms with E-state index in [4.69, 9.17) is 0 Å². The molecule has 2 aromatic rings. The fraction of sp³-hybridized carbons (Fsp3) is 0.294. The van der Waals surface area contributed by atoms with Crippen LogP contribution in [0.3, 0.4) is 0 Å². The van der Waals surface area contributed by atoms with E-state index in [0.717, 1.165) is 16.7 Å². The van der Waals surface area contributed by atoms with Crippen molar-refractivity contribution in [2.75, 3.05) is 6.54 Å². The Bertz CT molecular complexity index is 564. The number of benzene rings is 2. The number of nitrogens with one attached hydrogen (secondary N) is 1. The van der Waals surface area contributed by atoms with E-state index in [1.807, 2.05) is 61.5 Å². The molecule has 0 saturated carbocycles. The van der Waals surface area contributed by atoms with Crippen LogP contribution < -0.4 is 5.32 Å². The van der Waals surface area contributed by atoms with E-state index in [1.54, 1.807) is 0 Å². The maximum Gasteiger partial charge on any atom is 0.390 e. The summed E-state index contributed by atoms with van der Waals surface area (Å²) in [5.41, 5.74) is 3.03. The highest BCUT2D eigenvalue weighted by molar-refractivity contribution is 5.36. The molecule has 0 bridgehead atoms. The lowest BCUT2D eigenvalue weighted by Crippen LogP contribution is -2.27. The van der Waals surface area contributed by atoms with Crippen molar-refractivity contribution >= 4 is 0 Å². The summed E-state index contributed by atoms with van der Waals surface area (Å²) in [4.78, 5) is 0. The van der Waals surface area contributed by atoms with Crippen LogP contribution in [0.4, 0.5) is 13.2 Å². The molecule has 1 N–H and O–H groups in total. The Morgan fingerprint density at radius 2 is 1.57 bits per heavy atom. The molecule has 0 saturated heterocycles. The maximum absolute atomic E-state index is 12.4. The van der Waals surface area contributed by atoms with Gasteiger partial charge in [-0.25, -0.2) is 0 Å². The first-order valence-electron chi connectivity index (χ1n) is 6.88. The van der Waals surface area contributed by atoms with E-state index in [9.17, 15) is 13.2 Å². The molecular weight excluding hydrogens is 275 g/mol. The standard InChI is InChI=1S/C17H18F3N/c1-13-7-5-6-10-15(13)16(14-8-3-2-4-9-14)21-12-11-17(18,19)20/h2-10,16,21H,11-12H2,1H3. The van der Waals surface area contributed by atoms with Gasteiger partial charge in [-0.05, 0) is 23.6 Å². The summed E-state index contributed by atoms with van der Waals surface area (Å²) in [6.07, 6.45) is -4.97. The summed E-state index contributed by atoms with van der Waals surface area (Å²) in [7, 11) is 0. The zero-order valence-corrected chi connectivity index (χ0v) is 11.8. The van der Waals surface area contributed by atoms with Gasteiger partial charge in [0.2, 0.25) is 0 Å². The van der Waals surface area contributed by atoms with Crippen LogP contribution in [0.25, 0.3) is 0 Å². The number of hydrogen-bond donors (Lipinski definition) is 1. The molecule has 0 aliphatic rings. The monoisotopic (exact) mass is 293 g/mol. The highest BCUT2D eigenvalue weighted by Crippen LogP contribution is 2.26. The van der Waals surface area contributed by atoms with Crippen molar-refractivity contribution in [2.45, 2.75) is 25.6 Å². The molecule has 0 radical (unpaired) electrons. The molecule has 1 atom stereocenters. The second-order valence-electron chi connectivity index (χ2n) is 5.02. The van der Waals surface area contributed by atoms with Crippen LogP contribution in [0.1, 0.15) is 29.2 Å². The van der Waals surface area contributed by atoms with E-state index in [2.05, 4.69) is 5.32 Å². The Balaban J connectivity index is 2.22. The van der Waals surface area contributed by atoms with Crippen molar-refractivity contribution in [3.63, 3.8) is 0 Å². The van der Waals surface area contributed by atoms with Crippen LogP contribution in [0.5, 0.6) is 0 Å². The fourth-order valence-electron chi connectivity index (χ4n) is 2.32. The van der Waals surface area contributed by atoms with Gasteiger partial charge in [0.1, 0.15) is 0 Å². The van der Waals surface area contributed by atoms with Crippen molar-refractivity contribution < 1.29 is 13.2 Å². The SMILES string of the molecule is Cc1ccccc1C(NCCC(F)(F)F)c1ccccc1. The molecule has 2 aromatic carbocycles.